The SMILES string of the molecule is COc1ccc([Se]CCN(CC[Se]c2ccc(OC)cc2)c2nc(Cl)nc(N(CC[Se]c3ccc(OC)cc3)CC[Se]c3ccc(OC)cc3)n2)cc1. The van der Waals surface area contributed by atoms with E-state index in [9.17, 15) is 0 Å². The van der Waals surface area contributed by atoms with Gasteiger partial charge in [-0.25, -0.2) is 0 Å². The van der Waals surface area contributed by atoms with Crippen molar-refractivity contribution in [2.75, 3.05) is 64.4 Å². The van der Waals surface area contributed by atoms with E-state index in [1.165, 1.54) is 17.8 Å². The van der Waals surface area contributed by atoms with Gasteiger partial charge in [-0.3, -0.25) is 0 Å². The molecule has 0 bridgehead atoms. The minimum absolute atomic E-state index is 0.225. The van der Waals surface area contributed by atoms with E-state index >= 15 is 0 Å². The van der Waals surface area contributed by atoms with Crippen molar-refractivity contribution in [2.45, 2.75) is 21.3 Å². The number of hydrogen-bond acceptors (Lipinski definition) is 9. The summed E-state index contributed by atoms with van der Waals surface area (Å²) in [6.07, 6.45) is 0. The maximum atomic E-state index is 6.72. The quantitative estimate of drug-likeness (QED) is 0.0959. The second-order valence-electron chi connectivity index (χ2n) is 11.3. The number of hydrogen-bond donors (Lipinski definition) is 0. The van der Waals surface area contributed by atoms with E-state index in [4.69, 9.17) is 45.5 Å². The van der Waals surface area contributed by atoms with Crippen LogP contribution >= 0.6 is 11.6 Å². The molecule has 1 aromatic heterocycles. The van der Waals surface area contributed by atoms with E-state index in [0.29, 0.717) is 11.9 Å². The van der Waals surface area contributed by atoms with Gasteiger partial charge in [0.15, 0.2) is 0 Å². The summed E-state index contributed by atoms with van der Waals surface area (Å²) in [7, 11) is 6.79. The number of ether oxygens (including phenoxy) is 4. The van der Waals surface area contributed by atoms with Crippen LogP contribution in [-0.2, 0) is 0 Å². The molecule has 0 atom stereocenters. The molecular formula is C39H44ClN5O4Se4. The van der Waals surface area contributed by atoms with Gasteiger partial charge in [0.1, 0.15) is 0 Å². The van der Waals surface area contributed by atoms with Crippen LogP contribution in [0.2, 0.25) is 26.6 Å². The molecule has 5 aromatic rings. The first-order valence-corrected chi connectivity index (χ1v) is 25.6. The van der Waals surface area contributed by atoms with Gasteiger partial charge in [-0.15, -0.1) is 0 Å². The van der Waals surface area contributed by atoms with Gasteiger partial charge in [0.2, 0.25) is 0 Å². The van der Waals surface area contributed by atoms with Gasteiger partial charge in [-0.2, -0.15) is 0 Å². The predicted octanol–water partition coefficient (Wildman–Crippen LogP) is 3.96. The summed E-state index contributed by atoms with van der Waals surface area (Å²) < 4.78 is 26.8. The Kier molecular flexibility index (Phi) is 17.5. The van der Waals surface area contributed by atoms with Crippen molar-refractivity contribution in [3.05, 3.63) is 102 Å². The number of benzene rings is 4. The van der Waals surface area contributed by atoms with E-state index in [2.05, 4.69) is 58.3 Å². The molecule has 0 radical (unpaired) electrons. The van der Waals surface area contributed by atoms with Crippen molar-refractivity contribution < 1.29 is 18.9 Å². The number of aromatic nitrogens is 3. The molecule has 1 heterocycles. The Balaban J connectivity index is 1.32. The van der Waals surface area contributed by atoms with Crippen LogP contribution < -0.4 is 46.6 Å². The number of rotatable bonds is 22. The predicted molar refractivity (Wildman–Crippen MR) is 222 cm³/mol. The normalized spacial score (nSPS) is 10.9. The zero-order chi connectivity index (χ0) is 37.3. The molecule has 0 fully saturated rings. The fourth-order valence-electron chi connectivity index (χ4n) is 5.02. The molecule has 0 unspecified atom stereocenters. The van der Waals surface area contributed by atoms with Gasteiger partial charge in [0.25, 0.3) is 0 Å². The Bertz CT molecular complexity index is 1570. The van der Waals surface area contributed by atoms with E-state index < -0.39 is 0 Å². The number of methoxy groups -OCH3 is 4. The summed E-state index contributed by atoms with van der Waals surface area (Å²) in [5, 5.41) is 4.25. The number of halogens is 1. The van der Waals surface area contributed by atoms with E-state index in [0.717, 1.165) is 70.5 Å². The first-order valence-electron chi connectivity index (χ1n) is 16.9. The van der Waals surface area contributed by atoms with E-state index in [1.54, 1.807) is 28.4 Å². The van der Waals surface area contributed by atoms with Crippen LogP contribution in [0.1, 0.15) is 0 Å². The maximum absolute atomic E-state index is 6.72. The third-order valence-corrected chi connectivity index (χ3v) is 16.4. The zero-order valence-corrected chi connectivity index (χ0v) is 37.9. The molecule has 9 nitrogen and oxygen atoms in total. The average Bonchev–Trinajstić information content (AvgIpc) is 3.20. The zero-order valence-electron chi connectivity index (χ0n) is 30.3. The molecule has 0 saturated heterocycles. The fourth-order valence-corrected chi connectivity index (χ4v) is 12.5. The summed E-state index contributed by atoms with van der Waals surface area (Å²) in [4.78, 5) is 19.2. The van der Waals surface area contributed by atoms with Crippen LogP contribution in [0.4, 0.5) is 11.9 Å². The van der Waals surface area contributed by atoms with Crippen molar-refractivity contribution in [3.63, 3.8) is 0 Å². The van der Waals surface area contributed by atoms with Gasteiger partial charge < -0.3 is 0 Å². The molecule has 0 aliphatic rings. The molecule has 0 saturated carbocycles. The van der Waals surface area contributed by atoms with Crippen molar-refractivity contribution in [2.24, 2.45) is 0 Å². The average molecular weight is 998 g/mol. The van der Waals surface area contributed by atoms with E-state index in [1.807, 2.05) is 48.5 Å². The molecule has 14 heteroatoms. The summed E-state index contributed by atoms with van der Waals surface area (Å²) in [5.41, 5.74) is 0. The van der Waals surface area contributed by atoms with Crippen molar-refractivity contribution in [3.8, 4) is 23.0 Å². The third kappa shape index (κ3) is 13.7. The number of nitrogens with zero attached hydrogens (tertiary/aromatic N) is 5. The summed E-state index contributed by atoms with van der Waals surface area (Å²) >= 11 is 7.85. The Morgan fingerprint density at radius 1 is 0.415 bits per heavy atom. The van der Waals surface area contributed by atoms with Crippen LogP contribution in [0.5, 0.6) is 23.0 Å². The van der Waals surface area contributed by atoms with Crippen LogP contribution in [0.25, 0.3) is 0 Å². The molecule has 53 heavy (non-hydrogen) atoms. The van der Waals surface area contributed by atoms with Crippen molar-refractivity contribution >= 4 is 101 Å². The van der Waals surface area contributed by atoms with Crippen LogP contribution in [-0.4, -0.2) is 129 Å². The Hall–Kier alpha value is -2.94. The Morgan fingerprint density at radius 2 is 0.660 bits per heavy atom. The second-order valence-corrected chi connectivity index (χ2v) is 21.4. The molecule has 0 aliphatic carbocycles. The molecule has 0 amide bonds. The van der Waals surface area contributed by atoms with Gasteiger partial charge >= 0.3 is 346 Å². The van der Waals surface area contributed by atoms with Gasteiger partial charge in [0.05, 0.1) is 0 Å². The minimum atomic E-state index is 0.225. The molecule has 0 spiro atoms. The standard InChI is InChI=1S/C39H44ClN5O4Se4/c1-46-29-5-13-33(14-6-29)50-25-21-44(22-26-51-34-15-7-30(47-2)8-16-34)38-41-37(40)42-39(43-38)45(23-27-52-35-17-9-31(48-3)10-18-35)24-28-53-36-19-11-32(49-4)12-20-36/h5-20H,21-28H2,1-4H3. The van der Waals surface area contributed by atoms with Gasteiger partial charge in [-0.1, -0.05) is 0 Å². The molecule has 5 rings (SSSR count). The molecule has 4 aromatic carbocycles. The van der Waals surface area contributed by atoms with Crippen LogP contribution in [0.3, 0.4) is 0 Å². The molecule has 0 aliphatic heterocycles. The molecule has 280 valence electrons. The van der Waals surface area contributed by atoms with Crippen LogP contribution in [0.15, 0.2) is 97.1 Å². The fraction of sp³-hybridized carbons (Fsp3) is 0.308. The molecular weight excluding hydrogens is 954 g/mol. The Labute approximate surface area is 343 Å². The topological polar surface area (TPSA) is 82.1 Å². The summed E-state index contributed by atoms with van der Waals surface area (Å²) in [6, 6.07) is 33.5. The Morgan fingerprint density at radius 3 is 0.887 bits per heavy atom. The summed E-state index contributed by atoms with van der Waals surface area (Å²) in [5.74, 6) is 4.78. The van der Waals surface area contributed by atoms with Crippen LogP contribution in [0, 0.1) is 0 Å². The van der Waals surface area contributed by atoms with Crippen molar-refractivity contribution in [1.29, 1.82) is 0 Å². The first-order chi connectivity index (χ1) is 26.0. The van der Waals surface area contributed by atoms with E-state index in [-0.39, 0.29) is 65.1 Å². The number of anilines is 2. The van der Waals surface area contributed by atoms with Gasteiger partial charge in [-0.05, 0) is 0 Å². The molecule has 0 N–H and O–H groups in total. The monoisotopic (exact) mass is 1000 g/mol. The van der Waals surface area contributed by atoms with Crippen molar-refractivity contribution in [1.82, 2.24) is 15.0 Å². The summed E-state index contributed by atoms with van der Waals surface area (Å²) in [6.45, 7) is 3.30. The second kappa shape index (κ2) is 22.4. The van der Waals surface area contributed by atoms with Gasteiger partial charge in [0, 0.05) is 0 Å². The first kappa shape index (κ1) is 41.2. The third-order valence-electron chi connectivity index (χ3n) is 7.91.